The van der Waals surface area contributed by atoms with Crippen LogP contribution in [0.4, 0.5) is 0 Å². The largest absolute Gasteiger partial charge is 0.265 e. The summed E-state index contributed by atoms with van der Waals surface area (Å²) < 4.78 is 0. The second-order valence-corrected chi connectivity index (χ2v) is 6.98. The van der Waals surface area contributed by atoms with E-state index in [0.29, 0.717) is 0 Å². The first kappa shape index (κ1) is 16.4. The van der Waals surface area contributed by atoms with Gasteiger partial charge in [0, 0.05) is 24.8 Å². The maximum atomic E-state index is 4.05. The van der Waals surface area contributed by atoms with Crippen molar-refractivity contribution < 1.29 is 0 Å². The van der Waals surface area contributed by atoms with E-state index in [2.05, 4.69) is 69.7 Å². The zero-order valence-electron chi connectivity index (χ0n) is 13.5. The number of hydrogen-bond acceptors (Lipinski definition) is 2. The molecule has 0 spiro atoms. The third-order valence-electron chi connectivity index (χ3n) is 3.07. The summed E-state index contributed by atoms with van der Waals surface area (Å²) in [6.07, 6.45) is 7.39. The van der Waals surface area contributed by atoms with Crippen LogP contribution in [-0.2, 0) is 10.8 Å². The second kappa shape index (κ2) is 6.65. The number of hydrogen-bond donors (Lipinski definition) is 0. The molecule has 0 aliphatic carbocycles. The molecule has 0 radical (unpaired) electrons. The van der Waals surface area contributed by atoms with E-state index in [4.69, 9.17) is 0 Å². The van der Waals surface area contributed by atoms with Gasteiger partial charge in [0.25, 0.3) is 0 Å². The van der Waals surface area contributed by atoms with E-state index in [1.165, 1.54) is 11.1 Å². The quantitative estimate of drug-likeness (QED) is 0.690. The van der Waals surface area contributed by atoms with E-state index >= 15 is 0 Å². The molecule has 0 aromatic carbocycles. The predicted octanol–water partition coefficient (Wildman–Crippen LogP) is 4.76. The number of pyridine rings is 2. The zero-order valence-corrected chi connectivity index (χ0v) is 13.5. The molecule has 0 aliphatic rings. The summed E-state index contributed by atoms with van der Waals surface area (Å²) in [7, 11) is 0. The van der Waals surface area contributed by atoms with Crippen LogP contribution in [0, 0.1) is 0 Å². The molecule has 0 atom stereocenters. The van der Waals surface area contributed by atoms with Gasteiger partial charge in [-0.15, -0.1) is 0 Å². The maximum Gasteiger partial charge on any atom is 0.0305 e. The van der Waals surface area contributed by atoms with E-state index in [0.717, 1.165) is 0 Å². The summed E-state index contributed by atoms with van der Waals surface area (Å²) in [5.74, 6) is 0. The van der Waals surface area contributed by atoms with Crippen LogP contribution in [0.3, 0.4) is 0 Å². The van der Waals surface area contributed by atoms with Crippen molar-refractivity contribution in [1.29, 1.82) is 0 Å². The molecule has 0 saturated heterocycles. The van der Waals surface area contributed by atoms with Gasteiger partial charge < -0.3 is 0 Å². The van der Waals surface area contributed by atoms with E-state index in [1.807, 2.05) is 24.7 Å². The van der Waals surface area contributed by atoms with Crippen LogP contribution >= 0.6 is 0 Å². The molecule has 0 bridgehead atoms. The first-order chi connectivity index (χ1) is 9.21. The average molecular weight is 270 g/mol. The minimum Gasteiger partial charge on any atom is -0.265 e. The Morgan fingerprint density at radius 3 is 1.50 bits per heavy atom. The lowest BCUT2D eigenvalue weighted by atomic mass is 9.88. The molecule has 108 valence electrons. The minimum atomic E-state index is 0.230. The Hall–Kier alpha value is -1.70. The van der Waals surface area contributed by atoms with Crippen LogP contribution in [0.1, 0.15) is 52.7 Å². The Kier molecular flexibility index (Phi) is 5.43. The van der Waals surface area contributed by atoms with Gasteiger partial charge in [0.2, 0.25) is 0 Å². The van der Waals surface area contributed by atoms with E-state index in [-0.39, 0.29) is 10.8 Å². The molecular formula is C18H26N2. The van der Waals surface area contributed by atoms with Gasteiger partial charge in [-0.3, -0.25) is 9.97 Å². The number of aromatic nitrogens is 2. The van der Waals surface area contributed by atoms with Crippen molar-refractivity contribution in [2.75, 3.05) is 0 Å². The fourth-order valence-electron chi connectivity index (χ4n) is 1.66. The van der Waals surface area contributed by atoms with Crippen LogP contribution in [0.25, 0.3) is 0 Å². The van der Waals surface area contributed by atoms with Gasteiger partial charge in [0.1, 0.15) is 0 Å². The van der Waals surface area contributed by atoms with Crippen molar-refractivity contribution in [2.45, 2.75) is 52.4 Å². The topological polar surface area (TPSA) is 25.8 Å². The molecule has 0 N–H and O–H groups in total. The minimum absolute atomic E-state index is 0.230. The van der Waals surface area contributed by atoms with E-state index in [9.17, 15) is 0 Å². The van der Waals surface area contributed by atoms with E-state index < -0.39 is 0 Å². The molecule has 2 aromatic heterocycles. The van der Waals surface area contributed by atoms with Crippen LogP contribution in [-0.4, -0.2) is 9.97 Å². The molecule has 0 fully saturated rings. The molecule has 0 aliphatic heterocycles. The third kappa shape index (κ3) is 5.52. The van der Waals surface area contributed by atoms with Gasteiger partial charge in [-0.05, 0) is 40.2 Å². The highest BCUT2D eigenvalue weighted by Crippen LogP contribution is 2.20. The van der Waals surface area contributed by atoms with Gasteiger partial charge >= 0.3 is 0 Å². The Morgan fingerprint density at radius 2 is 1.20 bits per heavy atom. The van der Waals surface area contributed by atoms with Crippen LogP contribution in [0.2, 0.25) is 0 Å². The molecule has 2 nitrogen and oxygen atoms in total. The SMILES string of the molecule is CC(C)(C)c1cccnc1.CC(C)(C)c1ccncc1. The lowest BCUT2D eigenvalue weighted by Gasteiger charge is -2.17. The standard InChI is InChI=1S/2C9H13N/c1-9(2,3)8-4-6-10-7-5-8;1-9(2,3)8-5-4-6-10-7-8/h2*4-7H,1-3H3. The first-order valence-corrected chi connectivity index (χ1v) is 7.02. The van der Waals surface area contributed by atoms with Crippen LogP contribution < -0.4 is 0 Å². The summed E-state index contributed by atoms with van der Waals surface area (Å²) >= 11 is 0. The molecule has 2 heteroatoms. The maximum absolute atomic E-state index is 4.05. The lowest BCUT2D eigenvalue weighted by Crippen LogP contribution is -2.10. The molecule has 0 amide bonds. The second-order valence-electron chi connectivity index (χ2n) is 6.98. The molecule has 0 unspecified atom stereocenters. The molecule has 0 saturated carbocycles. The smallest absolute Gasteiger partial charge is 0.0305 e. The monoisotopic (exact) mass is 270 g/mol. The molecule has 2 rings (SSSR count). The molecular weight excluding hydrogens is 244 g/mol. The predicted molar refractivity (Wildman–Crippen MR) is 85.9 cm³/mol. The van der Waals surface area contributed by atoms with Crippen LogP contribution in [0.15, 0.2) is 49.1 Å². The highest BCUT2D eigenvalue weighted by molar-refractivity contribution is 5.19. The highest BCUT2D eigenvalue weighted by atomic mass is 14.6. The van der Waals surface area contributed by atoms with Crippen molar-refractivity contribution in [2.24, 2.45) is 0 Å². The summed E-state index contributed by atoms with van der Waals surface area (Å²) in [6, 6.07) is 8.19. The van der Waals surface area contributed by atoms with Gasteiger partial charge in [-0.2, -0.15) is 0 Å². The first-order valence-electron chi connectivity index (χ1n) is 7.02. The number of nitrogens with zero attached hydrogens (tertiary/aromatic N) is 2. The van der Waals surface area contributed by atoms with Crippen LogP contribution in [0.5, 0.6) is 0 Å². The summed E-state index contributed by atoms with van der Waals surface area (Å²) in [4.78, 5) is 8.01. The van der Waals surface area contributed by atoms with Crippen molar-refractivity contribution >= 4 is 0 Å². The van der Waals surface area contributed by atoms with Gasteiger partial charge in [0.05, 0.1) is 0 Å². The molecule has 2 heterocycles. The van der Waals surface area contributed by atoms with Gasteiger partial charge in [-0.25, -0.2) is 0 Å². The lowest BCUT2D eigenvalue weighted by molar-refractivity contribution is 0.587. The molecule has 2 aromatic rings. The summed E-state index contributed by atoms with van der Waals surface area (Å²) in [5, 5.41) is 0. The van der Waals surface area contributed by atoms with Crippen molar-refractivity contribution in [3.05, 3.63) is 60.2 Å². The fourth-order valence-corrected chi connectivity index (χ4v) is 1.66. The fraction of sp³-hybridized carbons (Fsp3) is 0.444. The Balaban J connectivity index is 0.000000200. The normalized spacial score (nSPS) is 11.5. The molecule has 20 heavy (non-hydrogen) atoms. The third-order valence-corrected chi connectivity index (χ3v) is 3.07. The average Bonchev–Trinajstić information content (AvgIpc) is 2.40. The van der Waals surface area contributed by atoms with Gasteiger partial charge in [-0.1, -0.05) is 47.6 Å². The summed E-state index contributed by atoms with van der Waals surface area (Å²) in [5.41, 5.74) is 3.11. The van der Waals surface area contributed by atoms with Crippen molar-refractivity contribution in [3.63, 3.8) is 0 Å². The number of rotatable bonds is 0. The van der Waals surface area contributed by atoms with Crippen molar-refractivity contribution in [1.82, 2.24) is 9.97 Å². The van der Waals surface area contributed by atoms with E-state index in [1.54, 1.807) is 6.20 Å². The Bertz CT molecular complexity index is 441. The van der Waals surface area contributed by atoms with Gasteiger partial charge in [0.15, 0.2) is 0 Å². The zero-order chi connectivity index (χ0) is 15.2. The van der Waals surface area contributed by atoms with Crippen molar-refractivity contribution in [3.8, 4) is 0 Å². The Labute approximate surface area is 123 Å². The highest BCUT2D eigenvalue weighted by Gasteiger charge is 2.12. The summed E-state index contributed by atoms with van der Waals surface area (Å²) in [6.45, 7) is 13.1. The Morgan fingerprint density at radius 1 is 0.650 bits per heavy atom.